The van der Waals surface area contributed by atoms with Crippen molar-refractivity contribution in [3.05, 3.63) is 30.1 Å². The summed E-state index contributed by atoms with van der Waals surface area (Å²) in [4.78, 5) is 43.5. The summed E-state index contributed by atoms with van der Waals surface area (Å²) in [5.41, 5.74) is -0.505. The smallest absolute Gasteiger partial charge is 0.328 e. The van der Waals surface area contributed by atoms with Crippen molar-refractivity contribution in [3.63, 3.8) is 0 Å². The third-order valence-electron chi connectivity index (χ3n) is 5.91. The lowest BCUT2D eigenvalue weighted by Gasteiger charge is -2.36. The van der Waals surface area contributed by atoms with Crippen LogP contribution >= 0.6 is 0 Å². The van der Waals surface area contributed by atoms with E-state index in [4.69, 9.17) is 4.74 Å². The summed E-state index contributed by atoms with van der Waals surface area (Å²) >= 11 is 0. The molecule has 1 saturated heterocycles. The fourth-order valence-electron chi connectivity index (χ4n) is 4.20. The van der Waals surface area contributed by atoms with Crippen LogP contribution in [0.4, 0.5) is 0 Å². The number of hydrogen-bond acceptors (Lipinski definition) is 6. The number of ether oxygens (including phenoxy) is 1. The van der Waals surface area contributed by atoms with Gasteiger partial charge in [0.05, 0.1) is 6.61 Å². The van der Waals surface area contributed by atoms with Crippen molar-refractivity contribution in [2.75, 3.05) is 13.2 Å². The Bertz CT molecular complexity index is 715. The number of piperidine rings is 1. The number of aromatic nitrogens is 1. The molecule has 7 nitrogen and oxygen atoms in total. The molecular weight excluding hydrogens is 372 g/mol. The van der Waals surface area contributed by atoms with E-state index in [-0.39, 0.29) is 6.61 Å². The molecule has 3 rings (SSSR count). The topological polar surface area (TPSA) is 96.8 Å². The average molecular weight is 402 g/mol. The average Bonchev–Trinajstić information content (AvgIpc) is 2.77. The Kier molecular flexibility index (Phi) is 7.36. The van der Waals surface area contributed by atoms with Gasteiger partial charge >= 0.3 is 5.97 Å². The highest BCUT2D eigenvalue weighted by atomic mass is 16.5. The molecule has 2 fully saturated rings. The third-order valence-corrected chi connectivity index (χ3v) is 5.91. The molecule has 0 unspecified atom stereocenters. The van der Waals surface area contributed by atoms with Crippen LogP contribution in [0.15, 0.2) is 24.5 Å². The van der Waals surface area contributed by atoms with Gasteiger partial charge in [0.1, 0.15) is 11.6 Å². The monoisotopic (exact) mass is 402 g/mol. The zero-order valence-corrected chi connectivity index (χ0v) is 16.8. The zero-order valence-electron chi connectivity index (χ0n) is 16.8. The van der Waals surface area contributed by atoms with Gasteiger partial charge in [-0.3, -0.25) is 14.6 Å². The highest BCUT2D eigenvalue weighted by Crippen LogP contribution is 2.30. The predicted molar refractivity (Wildman–Crippen MR) is 106 cm³/mol. The van der Waals surface area contributed by atoms with Gasteiger partial charge in [-0.25, -0.2) is 4.79 Å². The number of Topliss-reactive ketones (excluding diaryl/α,β-unsaturated/α-hetero) is 1. The van der Waals surface area contributed by atoms with Crippen LogP contribution < -0.4 is 0 Å². The Morgan fingerprint density at radius 1 is 1.17 bits per heavy atom. The molecule has 0 spiro atoms. The maximum Gasteiger partial charge on any atom is 0.328 e. The van der Waals surface area contributed by atoms with Crippen LogP contribution in [0.2, 0.25) is 0 Å². The molecule has 0 radical (unpaired) electrons. The number of rotatable bonds is 7. The largest absolute Gasteiger partial charge is 0.464 e. The molecule has 29 heavy (non-hydrogen) atoms. The van der Waals surface area contributed by atoms with Gasteiger partial charge in [-0.2, -0.15) is 0 Å². The second kappa shape index (κ2) is 9.96. The molecule has 1 atom stereocenters. The van der Waals surface area contributed by atoms with Crippen LogP contribution in [0.1, 0.15) is 63.4 Å². The number of hydrogen-bond donors (Lipinski definition) is 1. The molecular formula is C22H30N2O5. The number of aryl methyl sites for hydroxylation is 1. The minimum absolute atomic E-state index is 0.254. The first-order chi connectivity index (χ1) is 14.0. The highest BCUT2D eigenvalue weighted by molar-refractivity contribution is 6.39. The van der Waals surface area contributed by atoms with Gasteiger partial charge < -0.3 is 14.7 Å². The molecule has 1 amide bonds. The minimum Gasteiger partial charge on any atom is -0.464 e. The molecule has 1 aromatic rings. The maximum absolute atomic E-state index is 12.8. The Hall–Kier alpha value is -2.28. The van der Waals surface area contributed by atoms with Crippen LogP contribution in [0.3, 0.4) is 0 Å². The summed E-state index contributed by atoms with van der Waals surface area (Å²) in [5.74, 6) is -1.98. The van der Waals surface area contributed by atoms with Gasteiger partial charge in [0.25, 0.3) is 11.7 Å². The number of ketones is 1. The van der Waals surface area contributed by atoms with Crippen LogP contribution in [-0.4, -0.2) is 57.4 Å². The summed E-state index contributed by atoms with van der Waals surface area (Å²) in [6.07, 6.45) is 9.99. The van der Waals surface area contributed by atoms with Crippen molar-refractivity contribution in [1.82, 2.24) is 9.88 Å². The fraction of sp³-hybridized carbons (Fsp3) is 0.636. The van der Waals surface area contributed by atoms with Gasteiger partial charge in [-0.1, -0.05) is 25.3 Å². The van der Waals surface area contributed by atoms with Gasteiger partial charge in [-0.15, -0.1) is 0 Å². The number of carbonyl (C=O) groups excluding carboxylic acids is 3. The summed E-state index contributed by atoms with van der Waals surface area (Å²) in [7, 11) is 0. The number of esters is 1. The second-order valence-electron chi connectivity index (χ2n) is 8.06. The zero-order chi connectivity index (χ0) is 20.7. The van der Waals surface area contributed by atoms with E-state index in [9.17, 15) is 19.5 Å². The van der Waals surface area contributed by atoms with E-state index in [2.05, 4.69) is 4.98 Å². The quantitative estimate of drug-likeness (QED) is 0.427. The number of nitrogens with zero attached hydrogens (tertiary/aromatic N) is 2. The molecule has 1 aliphatic heterocycles. The van der Waals surface area contributed by atoms with E-state index in [1.165, 1.54) is 4.90 Å². The second-order valence-corrected chi connectivity index (χ2v) is 8.06. The van der Waals surface area contributed by atoms with Crippen molar-refractivity contribution < 1.29 is 24.2 Å². The number of pyridine rings is 1. The van der Waals surface area contributed by atoms with Crippen molar-refractivity contribution in [2.45, 2.75) is 75.9 Å². The minimum atomic E-state index is -1.58. The fourth-order valence-corrected chi connectivity index (χ4v) is 4.20. The molecule has 7 heteroatoms. The molecule has 158 valence electrons. The Morgan fingerprint density at radius 3 is 2.69 bits per heavy atom. The van der Waals surface area contributed by atoms with Gasteiger partial charge in [0.15, 0.2) is 0 Å². The first-order valence-electron chi connectivity index (χ1n) is 10.6. The van der Waals surface area contributed by atoms with Crippen LogP contribution in [0, 0.1) is 0 Å². The Morgan fingerprint density at radius 2 is 1.97 bits per heavy atom. The SMILES string of the molecule is O=C(OCCCc1cccnc1)[C@@H]1CCCCN1C(=O)C(=O)C1(O)CCCCC1. The third kappa shape index (κ3) is 5.41. The lowest BCUT2D eigenvalue weighted by Crippen LogP contribution is -2.56. The number of carbonyl (C=O) groups is 3. The van der Waals surface area contributed by atoms with Crippen molar-refractivity contribution in [3.8, 4) is 0 Å². The Labute approximate surface area is 171 Å². The lowest BCUT2D eigenvalue weighted by molar-refractivity contribution is -0.164. The lowest BCUT2D eigenvalue weighted by atomic mass is 9.81. The molecule has 1 N–H and O–H groups in total. The number of amides is 1. The van der Waals surface area contributed by atoms with E-state index in [0.717, 1.165) is 44.1 Å². The molecule has 0 aromatic carbocycles. The summed E-state index contributed by atoms with van der Waals surface area (Å²) in [6, 6.07) is 3.09. The van der Waals surface area contributed by atoms with E-state index in [1.54, 1.807) is 12.4 Å². The van der Waals surface area contributed by atoms with Crippen molar-refractivity contribution in [1.29, 1.82) is 0 Å². The van der Waals surface area contributed by atoms with Gasteiger partial charge in [-0.05, 0) is 56.6 Å². The van der Waals surface area contributed by atoms with Crippen LogP contribution in [-0.2, 0) is 25.5 Å². The van der Waals surface area contributed by atoms with Crippen LogP contribution in [0.5, 0.6) is 0 Å². The normalized spacial score (nSPS) is 21.4. The van der Waals surface area contributed by atoms with E-state index < -0.39 is 29.3 Å². The van der Waals surface area contributed by atoms with Gasteiger partial charge in [0.2, 0.25) is 0 Å². The summed E-state index contributed by atoms with van der Waals surface area (Å²) < 4.78 is 5.41. The molecule has 0 bridgehead atoms. The maximum atomic E-state index is 12.8. The first-order valence-corrected chi connectivity index (χ1v) is 10.6. The predicted octanol–water partition coefficient (Wildman–Crippen LogP) is 2.20. The van der Waals surface area contributed by atoms with Gasteiger partial charge in [0, 0.05) is 18.9 Å². The molecule has 1 aliphatic carbocycles. The standard InChI is InChI=1S/C22H30N2O5/c25-19(22(28)11-3-1-4-12-22)20(26)24-14-5-2-10-18(24)21(27)29-15-7-9-17-8-6-13-23-16-17/h6,8,13,16,18,28H,1-5,7,9-12,14-15H2/t18-/m0/s1. The van der Waals surface area contributed by atoms with E-state index in [0.29, 0.717) is 32.2 Å². The van der Waals surface area contributed by atoms with E-state index >= 15 is 0 Å². The summed E-state index contributed by atoms with van der Waals surface area (Å²) in [6.45, 7) is 0.597. The van der Waals surface area contributed by atoms with Crippen LogP contribution in [0.25, 0.3) is 0 Å². The summed E-state index contributed by atoms with van der Waals surface area (Å²) in [5, 5.41) is 10.6. The molecule has 1 saturated carbocycles. The number of likely N-dealkylation sites (tertiary alicyclic amines) is 1. The van der Waals surface area contributed by atoms with Crippen molar-refractivity contribution in [2.24, 2.45) is 0 Å². The molecule has 1 aromatic heterocycles. The van der Waals surface area contributed by atoms with Crippen molar-refractivity contribution >= 4 is 17.7 Å². The highest BCUT2D eigenvalue weighted by Gasteiger charge is 2.45. The molecule has 2 aliphatic rings. The number of aliphatic hydroxyl groups is 1. The Balaban J connectivity index is 1.54. The van der Waals surface area contributed by atoms with E-state index in [1.807, 2.05) is 12.1 Å². The first kappa shape index (κ1) is 21.4. The molecule has 2 heterocycles.